The molecule has 0 aromatic carbocycles. The lowest BCUT2D eigenvalue weighted by atomic mass is 10.1. The SMILES string of the molecule is Cc1[nH]c(C(=O)O)c(C)c1C(=O)N1CCC(N(C)C)C1. The quantitative estimate of drug-likeness (QED) is 0.869. The highest BCUT2D eigenvalue weighted by Crippen LogP contribution is 2.23. The van der Waals surface area contributed by atoms with Crippen LogP contribution in [0.1, 0.15) is 38.5 Å². The second-order valence-electron chi connectivity index (χ2n) is 5.59. The van der Waals surface area contributed by atoms with Gasteiger partial charge in [-0.15, -0.1) is 0 Å². The van der Waals surface area contributed by atoms with Gasteiger partial charge in [0, 0.05) is 24.8 Å². The summed E-state index contributed by atoms with van der Waals surface area (Å²) in [6.07, 6.45) is 0.951. The largest absolute Gasteiger partial charge is 0.477 e. The molecule has 1 aromatic heterocycles. The van der Waals surface area contributed by atoms with E-state index in [9.17, 15) is 9.59 Å². The number of H-pyrrole nitrogens is 1. The number of likely N-dealkylation sites (tertiary alicyclic amines) is 1. The summed E-state index contributed by atoms with van der Waals surface area (Å²) in [6, 6.07) is 0.373. The summed E-state index contributed by atoms with van der Waals surface area (Å²) in [5, 5.41) is 9.10. The summed E-state index contributed by atoms with van der Waals surface area (Å²) >= 11 is 0. The highest BCUT2D eigenvalue weighted by Gasteiger charge is 2.31. The number of amides is 1. The first kappa shape index (κ1) is 14.6. The van der Waals surface area contributed by atoms with Crippen molar-refractivity contribution < 1.29 is 14.7 Å². The summed E-state index contributed by atoms with van der Waals surface area (Å²) in [7, 11) is 4.02. The van der Waals surface area contributed by atoms with Gasteiger partial charge >= 0.3 is 5.97 Å². The number of carbonyl (C=O) groups excluding carboxylic acids is 1. The van der Waals surface area contributed by atoms with Crippen molar-refractivity contribution in [2.24, 2.45) is 0 Å². The third-order valence-electron chi connectivity index (χ3n) is 4.05. The normalized spacial score (nSPS) is 18.9. The molecule has 0 spiro atoms. The Morgan fingerprint density at radius 1 is 1.35 bits per heavy atom. The molecule has 1 aliphatic rings. The molecular weight excluding hydrogens is 258 g/mol. The van der Waals surface area contributed by atoms with Crippen LogP contribution in [0.4, 0.5) is 0 Å². The highest BCUT2D eigenvalue weighted by atomic mass is 16.4. The lowest BCUT2D eigenvalue weighted by Gasteiger charge is -2.20. The summed E-state index contributed by atoms with van der Waals surface area (Å²) in [5.41, 5.74) is 1.75. The lowest BCUT2D eigenvalue weighted by Crippen LogP contribution is -2.34. The van der Waals surface area contributed by atoms with E-state index in [-0.39, 0.29) is 11.6 Å². The van der Waals surface area contributed by atoms with E-state index in [1.165, 1.54) is 0 Å². The standard InChI is InChI=1S/C14H21N3O3/c1-8-11(9(2)15-12(8)14(19)20)13(18)17-6-5-10(7-17)16(3)4/h10,15H,5-7H2,1-4H3,(H,19,20). The van der Waals surface area contributed by atoms with Crippen LogP contribution in [-0.2, 0) is 0 Å². The van der Waals surface area contributed by atoms with Crippen molar-refractivity contribution in [1.29, 1.82) is 0 Å². The summed E-state index contributed by atoms with van der Waals surface area (Å²) in [4.78, 5) is 30.4. The van der Waals surface area contributed by atoms with Crippen molar-refractivity contribution >= 4 is 11.9 Å². The Hall–Kier alpha value is -1.82. The Bertz CT molecular complexity index is 548. The van der Waals surface area contributed by atoms with E-state index < -0.39 is 5.97 Å². The monoisotopic (exact) mass is 279 g/mol. The van der Waals surface area contributed by atoms with Crippen molar-refractivity contribution in [3.05, 3.63) is 22.5 Å². The van der Waals surface area contributed by atoms with E-state index in [1.807, 2.05) is 14.1 Å². The number of carboxylic acid groups (broad SMARTS) is 1. The maximum Gasteiger partial charge on any atom is 0.352 e. The van der Waals surface area contributed by atoms with Crippen LogP contribution in [0.3, 0.4) is 0 Å². The molecule has 20 heavy (non-hydrogen) atoms. The van der Waals surface area contributed by atoms with Crippen LogP contribution in [0.25, 0.3) is 0 Å². The Morgan fingerprint density at radius 2 is 2.00 bits per heavy atom. The van der Waals surface area contributed by atoms with E-state index in [2.05, 4.69) is 9.88 Å². The van der Waals surface area contributed by atoms with Crippen LogP contribution in [0.2, 0.25) is 0 Å². The molecule has 110 valence electrons. The van der Waals surface area contributed by atoms with E-state index >= 15 is 0 Å². The Labute approximate surface area is 118 Å². The fourth-order valence-corrected chi connectivity index (χ4v) is 2.79. The average Bonchev–Trinajstić information content (AvgIpc) is 2.94. The van der Waals surface area contributed by atoms with Gasteiger partial charge in [-0.2, -0.15) is 0 Å². The molecular formula is C14H21N3O3. The lowest BCUT2D eigenvalue weighted by molar-refractivity contribution is 0.0690. The zero-order chi connectivity index (χ0) is 15.0. The van der Waals surface area contributed by atoms with Crippen LogP contribution in [-0.4, -0.2) is 65.0 Å². The number of carboxylic acids is 1. The second-order valence-corrected chi connectivity index (χ2v) is 5.59. The van der Waals surface area contributed by atoms with Gasteiger partial charge < -0.3 is 19.9 Å². The topological polar surface area (TPSA) is 76.6 Å². The molecule has 1 fully saturated rings. The molecule has 1 atom stereocenters. The molecule has 1 saturated heterocycles. The van der Waals surface area contributed by atoms with Crippen molar-refractivity contribution in [1.82, 2.24) is 14.8 Å². The average molecular weight is 279 g/mol. The molecule has 1 aromatic rings. The van der Waals surface area contributed by atoms with Crippen LogP contribution >= 0.6 is 0 Å². The maximum atomic E-state index is 12.6. The summed E-state index contributed by atoms with van der Waals surface area (Å²) < 4.78 is 0. The third-order valence-corrected chi connectivity index (χ3v) is 4.05. The van der Waals surface area contributed by atoms with Crippen LogP contribution < -0.4 is 0 Å². The van der Waals surface area contributed by atoms with E-state index in [0.717, 1.165) is 6.42 Å². The first-order valence-corrected chi connectivity index (χ1v) is 6.71. The van der Waals surface area contributed by atoms with Gasteiger partial charge in [0.2, 0.25) is 0 Å². The minimum absolute atomic E-state index is 0.0758. The number of likely N-dealkylation sites (N-methyl/N-ethyl adjacent to an activating group) is 1. The second kappa shape index (κ2) is 5.28. The molecule has 0 aliphatic carbocycles. The Kier molecular flexibility index (Phi) is 3.85. The van der Waals surface area contributed by atoms with Crippen LogP contribution in [0.5, 0.6) is 0 Å². The molecule has 2 heterocycles. The van der Waals surface area contributed by atoms with Gasteiger partial charge in [-0.3, -0.25) is 4.79 Å². The van der Waals surface area contributed by atoms with Crippen molar-refractivity contribution in [3.63, 3.8) is 0 Å². The number of hydrogen-bond donors (Lipinski definition) is 2. The van der Waals surface area contributed by atoms with Gasteiger partial charge in [0.1, 0.15) is 5.69 Å². The number of aromatic carboxylic acids is 1. The molecule has 1 aliphatic heterocycles. The fourth-order valence-electron chi connectivity index (χ4n) is 2.79. The number of nitrogens with one attached hydrogen (secondary N) is 1. The fraction of sp³-hybridized carbons (Fsp3) is 0.571. The molecule has 6 nitrogen and oxygen atoms in total. The molecule has 0 radical (unpaired) electrons. The van der Waals surface area contributed by atoms with Crippen LogP contribution in [0.15, 0.2) is 0 Å². The number of aromatic nitrogens is 1. The Morgan fingerprint density at radius 3 is 2.45 bits per heavy atom. The molecule has 2 rings (SSSR count). The first-order valence-electron chi connectivity index (χ1n) is 6.71. The number of nitrogens with zero attached hydrogens (tertiary/aromatic N) is 2. The van der Waals surface area contributed by atoms with Crippen molar-refractivity contribution in [3.8, 4) is 0 Å². The minimum atomic E-state index is -1.03. The van der Waals surface area contributed by atoms with E-state index in [0.29, 0.717) is 36.0 Å². The maximum absolute atomic E-state index is 12.6. The number of hydrogen-bond acceptors (Lipinski definition) is 3. The van der Waals surface area contributed by atoms with Gasteiger partial charge in [0.15, 0.2) is 0 Å². The number of aryl methyl sites for hydroxylation is 1. The molecule has 1 unspecified atom stereocenters. The van der Waals surface area contributed by atoms with E-state index in [4.69, 9.17) is 5.11 Å². The first-order chi connectivity index (χ1) is 9.32. The predicted octanol–water partition coefficient (Wildman–Crippen LogP) is 1.11. The zero-order valence-corrected chi connectivity index (χ0v) is 12.4. The molecule has 0 saturated carbocycles. The molecule has 6 heteroatoms. The Balaban J connectivity index is 2.25. The minimum Gasteiger partial charge on any atom is -0.477 e. The van der Waals surface area contributed by atoms with Gasteiger partial charge in [0.25, 0.3) is 5.91 Å². The van der Waals surface area contributed by atoms with E-state index in [1.54, 1.807) is 18.7 Å². The molecule has 2 N–H and O–H groups in total. The van der Waals surface area contributed by atoms with Crippen molar-refractivity contribution in [2.45, 2.75) is 26.3 Å². The third kappa shape index (κ3) is 2.43. The number of rotatable bonds is 3. The molecule has 1 amide bonds. The van der Waals surface area contributed by atoms with Crippen LogP contribution in [0, 0.1) is 13.8 Å². The van der Waals surface area contributed by atoms with Gasteiger partial charge in [-0.1, -0.05) is 0 Å². The van der Waals surface area contributed by atoms with Gasteiger partial charge in [-0.05, 0) is 39.9 Å². The predicted molar refractivity (Wildman–Crippen MR) is 75.2 cm³/mol. The summed E-state index contributed by atoms with van der Waals surface area (Å²) in [6.45, 7) is 4.83. The van der Waals surface area contributed by atoms with Gasteiger partial charge in [0.05, 0.1) is 5.56 Å². The number of carbonyl (C=O) groups is 2. The molecule has 0 bridgehead atoms. The highest BCUT2D eigenvalue weighted by molar-refractivity contribution is 6.00. The smallest absolute Gasteiger partial charge is 0.352 e. The number of aromatic amines is 1. The summed E-state index contributed by atoms with van der Waals surface area (Å²) in [5.74, 6) is -1.11. The van der Waals surface area contributed by atoms with Crippen molar-refractivity contribution in [2.75, 3.05) is 27.2 Å². The zero-order valence-electron chi connectivity index (χ0n) is 12.4. The van der Waals surface area contributed by atoms with Gasteiger partial charge in [-0.25, -0.2) is 4.79 Å².